The van der Waals surface area contributed by atoms with E-state index in [0.717, 1.165) is 24.3 Å². The van der Waals surface area contributed by atoms with Crippen LogP contribution < -0.4 is 15.4 Å². The quantitative estimate of drug-likeness (QED) is 0.884. The van der Waals surface area contributed by atoms with Gasteiger partial charge in [-0.3, -0.25) is 4.79 Å². The SMILES string of the molecule is CNc1ccc(Oc2ccnc(NC(=O)C3CC3)c2)cc1. The van der Waals surface area contributed by atoms with E-state index in [1.54, 1.807) is 18.3 Å². The highest BCUT2D eigenvalue weighted by Gasteiger charge is 2.29. The van der Waals surface area contributed by atoms with E-state index in [1.807, 2.05) is 31.3 Å². The van der Waals surface area contributed by atoms with Gasteiger partial charge in [-0.25, -0.2) is 4.98 Å². The number of anilines is 2. The Balaban J connectivity index is 1.68. The van der Waals surface area contributed by atoms with Crippen LogP contribution in [0.15, 0.2) is 42.6 Å². The largest absolute Gasteiger partial charge is 0.457 e. The van der Waals surface area contributed by atoms with Crippen molar-refractivity contribution in [2.24, 2.45) is 5.92 Å². The Hall–Kier alpha value is -2.56. The second-order valence-corrected chi connectivity index (χ2v) is 5.02. The molecule has 1 amide bonds. The van der Waals surface area contributed by atoms with E-state index in [2.05, 4.69) is 15.6 Å². The van der Waals surface area contributed by atoms with Crippen LogP contribution in [0.5, 0.6) is 11.5 Å². The van der Waals surface area contributed by atoms with E-state index >= 15 is 0 Å². The number of nitrogens with one attached hydrogen (secondary N) is 2. The number of benzene rings is 1. The molecule has 108 valence electrons. The summed E-state index contributed by atoms with van der Waals surface area (Å²) in [7, 11) is 1.87. The Morgan fingerprint density at radius 1 is 1.19 bits per heavy atom. The molecule has 5 nitrogen and oxygen atoms in total. The molecule has 1 saturated carbocycles. The van der Waals surface area contributed by atoms with Crippen molar-refractivity contribution in [2.75, 3.05) is 17.7 Å². The monoisotopic (exact) mass is 283 g/mol. The fourth-order valence-electron chi connectivity index (χ4n) is 1.94. The van der Waals surface area contributed by atoms with Crippen molar-refractivity contribution in [1.82, 2.24) is 4.98 Å². The smallest absolute Gasteiger partial charge is 0.228 e. The predicted molar refractivity (Wildman–Crippen MR) is 81.7 cm³/mol. The maximum absolute atomic E-state index is 11.7. The van der Waals surface area contributed by atoms with Gasteiger partial charge in [-0.2, -0.15) is 0 Å². The lowest BCUT2D eigenvalue weighted by Crippen LogP contribution is -2.14. The van der Waals surface area contributed by atoms with E-state index in [0.29, 0.717) is 11.6 Å². The van der Waals surface area contributed by atoms with Crippen LogP contribution in [0.2, 0.25) is 0 Å². The zero-order chi connectivity index (χ0) is 14.7. The number of carbonyl (C=O) groups is 1. The van der Waals surface area contributed by atoms with Crippen molar-refractivity contribution < 1.29 is 9.53 Å². The van der Waals surface area contributed by atoms with Crippen LogP contribution in [0.3, 0.4) is 0 Å². The van der Waals surface area contributed by atoms with Gasteiger partial charge in [0, 0.05) is 30.9 Å². The number of hydrogen-bond donors (Lipinski definition) is 2. The molecule has 0 radical (unpaired) electrons. The maximum atomic E-state index is 11.7. The second kappa shape index (κ2) is 5.83. The summed E-state index contributed by atoms with van der Waals surface area (Å²) in [5.74, 6) is 2.10. The zero-order valence-electron chi connectivity index (χ0n) is 11.8. The Bertz CT molecular complexity index is 636. The molecule has 1 aromatic carbocycles. The second-order valence-electron chi connectivity index (χ2n) is 5.02. The number of aromatic nitrogens is 1. The molecule has 0 bridgehead atoms. The van der Waals surface area contributed by atoms with Crippen molar-refractivity contribution >= 4 is 17.4 Å². The van der Waals surface area contributed by atoms with Crippen LogP contribution >= 0.6 is 0 Å². The van der Waals surface area contributed by atoms with Crippen LogP contribution in [-0.2, 0) is 4.79 Å². The first-order valence-corrected chi connectivity index (χ1v) is 6.97. The average molecular weight is 283 g/mol. The standard InChI is InChI=1S/C16H17N3O2/c1-17-12-4-6-13(7-5-12)21-14-8-9-18-15(10-14)19-16(20)11-2-3-11/h4-11,17H,2-3H2,1H3,(H,18,19,20). The van der Waals surface area contributed by atoms with Gasteiger partial charge in [0.15, 0.2) is 0 Å². The van der Waals surface area contributed by atoms with Gasteiger partial charge in [0.05, 0.1) is 0 Å². The summed E-state index contributed by atoms with van der Waals surface area (Å²) in [6, 6.07) is 11.1. The van der Waals surface area contributed by atoms with Gasteiger partial charge >= 0.3 is 0 Å². The van der Waals surface area contributed by atoms with Crippen molar-refractivity contribution in [3.63, 3.8) is 0 Å². The average Bonchev–Trinajstić information content (AvgIpc) is 3.33. The van der Waals surface area contributed by atoms with Gasteiger partial charge in [0.2, 0.25) is 5.91 Å². The van der Waals surface area contributed by atoms with Gasteiger partial charge in [-0.15, -0.1) is 0 Å². The first-order chi connectivity index (χ1) is 10.2. The number of pyridine rings is 1. The lowest BCUT2D eigenvalue weighted by Gasteiger charge is -2.08. The molecule has 1 aliphatic rings. The van der Waals surface area contributed by atoms with Crippen LogP contribution in [0, 0.1) is 5.92 Å². The third kappa shape index (κ3) is 3.51. The molecule has 1 aromatic heterocycles. The predicted octanol–water partition coefficient (Wildman–Crippen LogP) is 3.26. The summed E-state index contributed by atoms with van der Waals surface area (Å²) in [6.45, 7) is 0. The third-order valence-corrected chi connectivity index (χ3v) is 3.31. The van der Waals surface area contributed by atoms with E-state index in [9.17, 15) is 4.79 Å². The van der Waals surface area contributed by atoms with Crippen LogP contribution in [0.25, 0.3) is 0 Å². The summed E-state index contributed by atoms with van der Waals surface area (Å²) < 4.78 is 5.76. The number of ether oxygens (including phenoxy) is 1. The van der Waals surface area contributed by atoms with Gasteiger partial charge in [0.1, 0.15) is 17.3 Å². The minimum atomic E-state index is 0.0398. The molecular weight excluding hydrogens is 266 g/mol. The van der Waals surface area contributed by atoms with Crippen LogP contribution in [0.4, 0.5) is 11.5 Å². The number of nitrogens with zero attached hydrogens (tertiary/aromatic N) is 1. The zero-order valence-corrected chi connectivity index (χ0v) is 11.8. The molecule has 3 rings (SSSR count). The number of rotatable bonds is 5. The fraction of sp³-hybridized carbons (Fsp3) is 0.250. The Morgan fingerprint density at radius 2 is 1.95 bits per heavy atom. The van der Waals surface area contributed by atoms with Gasteiger partial charge < -0.3 is 15.4 Å². The molecule has 0 spiro atoms. The number of hydrogen-bond acceptors (Lipinski definition) is 4. The lowest BCUT2D eigenvalue weighted by molar-refractivity contribution is -0.117. The first kappa shape index (κ1) is 13.4. The van der Waals surface area contributed by atoms with Crippen LogP contribution in [0.1, 0.15) is 12.8 Å². The molecule has 0 saturated heterocycles. The summed E-state index contributed by atoms with van der Waals surface area (Å²) in [5, 5.41) is 5.86. The Kier molecular flexibility index (Phi) is 3.73. The minimum Gasteiger partial charge on any atom is -0.457 e. The van der Waals surface area contributed by atoms with Crippen molar-refractivity contribution in [3.8, 4) is 11.5 Å². The molecular formula is C16H17N3O2. The highest BCUT2D eigenvalue weighted by Crippen LogP contribution is 2.30. The van der Waals surface area contributed by atoms with Gasteiger partial charge in [0.25, 0.3) is 0 Å². The summed E-state index contributed by atoms with van der Waals surface area (Å²) >= 11 is 0. The molecule has 2 aromatic rings. The molecule has 1 aliphatic carbocycles. The highest BCUT2D eigenvalue weighted by atomic mass is 16.5. The van der Waals surface area contributed by atoms with Crippen molar-refractivity contribution in [3.05, 3.63) is 42.6 Å². The first-order valence-electron chi connectivity index (χ1n) is 6.97. The molecule has 1 fully saturated rings. The molecule has 0 aliphatic heterocycles. The van der Waals surface area contributed by atoms with Crippen molar-refractivity contribution in [2.45, 2.75) is 12.8 Å². The number of carbonyl (C=O) groups excluding carboxylic acids is 1. The number of amides is 1. The molecule has 21 heavy (non-hydrogen) atoms. The minimum absolute atomic E-state index is 0.0398. The van der Waals surface area contributed by atoms with Crippen LogP contribution in [-0.4, -0.2) is 17.9 Å². The van der Waals surface area contributed by atoms with E-state index < -0.39 is 0 Å². The molecule has 2 N–H and O–H groups in total. The van der Waals surface area contributed by atoms with E-state index in [-0.39, 0.29) is 11.8 Å². The topological polar surface area (TPSA) is 63.2 Å². The highest BCUT2D eigenvalue weighted by molar-refractivity contribution is 5.93. The summed E-state index contributed by atoms with van der Waals surface area (Å²) in [6.07, 6.45) is 3.57. The van der Waals surface area contributed by atoms with Gasteiger partial charge in [-0.05, 0) is 43.2 Å². The van der Waals surface area contributed by atoms with Gasteiger partial charge in [-0.1, -0.05) is 0 Å². The molecule has 5 heteroatoms. The summed E-state index contributed by atoms with van der Waals surface area (Å²) in [4.78, 5) is 15.9. The molecule has 0 unspecified atom stereocenters. The fourth-order valence-corrected chi connectivity index (χ4v) is 1.94. The lowest BCUT2D eigenvalue weighted by atomic mass is 10.3. The maximum Gasteiger partial charge on any atom is 0.228 e. The van der Waals surface area contributed by atoms with E-state index in [4.69, 9.17) is 4.74 Å². The van der Waals surface area contributed by atoms with E-state index in [1.165, 1.54) is 0 Å². The Labute approximate surface area is 123 Å². The van der Waals surface area contributed by atoms with Crippen molar-refractivity contribution in [1.29, 1.82) is 0 Å². The summed E-state index contributed by atoms with van der Waals surface area (Å²) in [5.41, 5.74) is 1.02. The molecule has 1 heterocycles. The molecule has 0 atom stereocenters. The third-order valence-electron chi connectivity index (χ3n) is 3.31. The Morgan fingerprint density at radius 3 is 2.62 bits per heavy atom. The normalized spacial score (nSPS) is 13.6.